The van der Waals surface area contributed by atoms with Crippen molar-refractivity contribution >= 4 is 10.0 Å². The van der Waals surface area contributed by atoms with Crippen molar-refractivity contribution < 1.29 is 22.3 Å². The van der Waals surface area contributed by atoms with E-state index in [2.05, 4.69) is 0 Å². The molecule has 5 rings (SSSR count). The number of aromatic nitrogens is 1. The van der Waals surface area contributed by atoms with Gasteiger partial charge in [0.15, 0.2) is 5.76 Å². The molecule has 0 spiro atoms. The van der Waals surface area contributed by atoms with Crippen LogP contribution < -0.4 is 9.47 Å². The summed E-state index contributed by atoms with van der Waals surface area (Å²) in [5, 5.41) is 0. The summed E-state index contributed by atoms with van der Waals surface area (Å²) < 4.78 is 44.9. The zero-order chi connectivity index (χ0) is 24.4. The number of nitrogens with zero attached hydrogens (tertiary/aromatic N) is 1. The Morgan fingerprint density at radius 1 is 0.714 bits per heavy atom. The Bertz CT molecular complexity index is 1480. The van der Waals surface area contributed by atoms with Crippen molar-refractivity contribution in [2.75, 3.05) is 14.2 Å². The molecule has 0 aliphatic heterocycles. The molecule has 0 aliphatic rings. The van der Waals surface area contributed by atoms with Crippen LogP contribution in [0.4, 0.5) is 0 Å². The molecule has 0 N–H and O–H groups in total. The fraction of sp³-hybridized carbons (Fsp3) is 0.0714. The summed E-state index contributed by atoms with van der Waals surface area (Å²) in [7, 11) is -0.566. The molecule has 176 valence electrons. The summed E-state index contributed by atoms with van der Waals surface area (Å²) in [4.78, 5) is 0.203. The van der Waals surface area contributed by atoms with Gasteiger partial charge in [-0.25, -0.2) is 12.4 Å². The first-order valence-corrected chi connectivity index (χ1v) is 12.4. The number of benzene rings is 3. The summed E-state index contributed by atoms with van der Waals surface area (Å²) in [6, 6.07) is 28.8. The fourth-order valence-corrected chi connectivity index (χ4v) is 5.30. The standard InChI is InChI=1S/C28H23NO5S/c1-32-22-14-10-20(11-15-22)25-19-27(34-28(25)21-12-16-23(33-2)17-13-21)26-9-6-18-29(26)35(30,31)24-7-4-3-5-8-24/h3-19H,1-2H3. The van der Waals surface area contributed by atoms with E-state index in [4.69, 9.17) is 13.9 Å². The molecule has 35 heavy (non-hydrogen) atoms. The molecule has 0 unspecified atom stereocenters. The van der Waals surface area contributed by atoms with Gasteiger partial charge in [0.1, 0.15) is 17.3 Å². The number of hydrogen-bond donors (Lipinski definition) is 0. The van der Waals surface area contributed by atoms with E-state index in [1.807, 2.05) is 54.6 Å². The van der Waals surface area contributed by atoms with Gasteiger partial charge in [-0.05, 0) is 72.3 Å². The van der Waals surface area contributed by atoms with Crippen LogP contribution >= 0.6 is 0 Å². The predicted molar refractivity (Wildman–Crippen MR) is 135 cm³/mol. The molecular formula is C28H23NO5S. The molecular weight excluding hydrogens is 462 g/mol. The minimum absolute atomic E-state index is 0.203. The van der Waals surface area contributed by atoms with Crippen molar-refractivity contribution in [2.45, 2.75) is 4.90 Å². The van der Waals surface area contributed by atoms with E-state index in [1.165, 1.54) is 10.2 Å². The van der Waals surface area contributed by atoms with Gasteiger partial charge in [-0.3, -0.25) is 0 Å². The smallest absolute Gasteiger partial charge is 0.268 e. The van der Waals surface area contributed by atoms with Crippen LogP contribution in [0, 0.1) is 0 Å². The Hall–Kier alpha value is -4.23. The second-order valence-corrected chi connectivity index (χ2v) is 9.63. The van der Waals surface area contributed by atoms with Crippen molar-refractivity contribution in [1.82, 2.24) is 3.97 Å². The Kier molecular flexibility index (Phi) is 5.93. The van der Waals surface area contributed by atoms with Gasteiger partial charge < -0.3 is 13.9 Å². The van der Waals surface area contributed by atoms with Crippen LogP contribution in [-0.4, -0.2) is 26.6 Å². The number of furan rings is 1. The van der Waals surface area contributed by atoms with Crippen LogP contribution in [0.25, 0.3) is 33.9 Å². The lowest BCUT2D eigenvalue weighted by Crippen LogP contribution is -2.12. The normalized spacial score (nSPS) is 11.4. The maximum absolute atomic E-state index is 13.4. The molecule has 2 heterocycles. The van der Waals surface area contributed by atoms with Gasteiger partial charge in [-0.1, -0.05) is 30.3 Å². The van der Waals surface area contributed by atoms with E-state index in [9.17, 15) is 8.42 Å². The lowest BCUT2D eigenvalue weighted by Gasteiger charge is -2.09. The number of ether oxygens (including phenoxy) is 2. The SMILES string of the molecule is COc1ccc(-c2cc(-c3cccn3S(=O)(=O)c3ccccc3)oc2-c2ccc(OC)cc2)cc1. The molecule has 7 heteroatoms. The first kappa shape index (κ1) is 22.6. The Balaban J connectivity index is 1.66. The van der Waals surface area contributed by atoms with Crippen molar-refractivity contribution in [3.8, 4) is 45.4 Å². The Labute approximate surface area is 204 Å². The van der Waals surface area contributed by atoms with Gasteiger partial charge in [-0.15, -0.1) is 0 Å². The van der Waals surface area contributed by atoms with E-state index in [0.29, 0.717) is 17.2 Å². The molecule has 0 radical (unpaired) electrons. The van der Waals surface area contributed by atoms with Gasteiger partial charge in [-0.2, -0.15) is 0 Å². The van der Waals surface area contributed by atoms with E-state index in [1.54, 1.807) is 56.7 Å². The average Bonchev–Trinajstić information content (AvgIpc) is 3.57. The molecule has 3 aromatic carbocycles. The summed E-state index contributed by atoms with van der Waals surface area (Å²) in [6.45, 7) is 0. The Morgan fingerprint density at radius 2 is 1.31 bits per heavy atom. The highest BCUT2D eigenvalue weighted by atomic mass is 32.2. The molecule has 0 bridgehead atoms. The maximum Gasteiger partial charge on any atom is 0.268 e. The van der Waals surface area contributed by atoms with Crippen LogP contribution in [0.5, 0.6) is 11.5 Å². The van der Waals surface area contributed by atoms with Gasteiger partial charge in [0, 0.05) is 17.3 Å². The second-order valence-electron chi connectivity index (χ2n) is 7.82. The molecule has 2 aromatic heterocycles. The summed E-state index contributed by atoms with van der Waals surface area (Å²) in [5.41, 5.74) is 3.02. The first-order chi connectivity index (χ1) is 17.0. The summed E-state index contributed by atoms with van der Waals surface area (Å²) in [5.74, 6) is 2.53. The van der Waals surface area contributed by atoms with E-state index < -0.39 is 10.0 Å². The minimum atomic E-state index is -3.80. The van der Waals surface area contributed by atoms with E-state index in [0.717, 1.165) is 28.2 Å². The largest absolute Gasteiger partial charge is 0.497 e. The number of rotatable bonds is 7. The van der Waals surface area contributed by atoms with Crippen LogP contribution in [0.15, 0.2) is 113 Å². The van der Waals surface area contributed by atoms with Crippen molar-refractivity contribution in [2.24, 2.45) is 0 Å². The molecule has 0 amide bonds. The molecule has 0 saturated carbocycles. The predicted octanol–water partition coefficient (Wildman–Crippen LogP) is 6.34. The minimum Gasteiger partial charge on any atom is -0.497 e. The van der Waals surface area contributed by atoms with Crippen molar-refractivity contribution in [3.05, 3.63) is 103 Å². The molecule has 0 atom stereocenters. The monoisotopic (exact) mass is 485 g/mol. The van der Waals surface area contributed by atoms with Gasteiger partial charge >= 0.3 is 0 Å². The lowest BCUT2D eigenvalue weighted by molar-refractivity contribution is 0.414. The zero-order valence-corrected chi connectivity index (χ0v) is 20.0. The topological polar surface area (TPSA) is 70.7 Å². The average molecular weight is 486 g/mol. The molecule has 6 nitrogen and oxygen atoms in total. The van der Waals surface area contributed by atoms with Gasteiger partial charge in [0.25, 0.3) is 10.0 Å². The van der Waals surface area contributed by atoms with Crippen LogP contribution in [0.1, 0.15) is 0 Å². The van der Waals surface area contributed by atoms with E-state index in [-0.39, 0.29) is 4.90 Å². The summed E-state index contributed by atoms with van der Waals surface area (Å²) in [6.07, 6.45) is 1.53. The maximum atomic E-state index is 13.4. The summed E-state index contributed by atoms with van der Waals surface area (Å²) >= 11 is 0. The van der Waals surface area contributed by atoms with Crippen LogP contribution in [0.3, 0.4) is 0 Å². The molecule has 0 fully saturated rings. The third-order valence-corrected chi connectivity index (χ3v) is 7.45. The van der Waals surface area contributed by atoms with Gasteiger partial charge in [0.05, 0.1) is 24.8 Å². The highest BCUT2D eigenvalue weighted by Crippen LogP contribution is 2.40. The molecule has 5 aromatic rings. The third kappa shape index (κ3) is 4.22. The second kappa shape index (κ2) is 9.19. The van der Waals surface area contributed by atoms with Crippen molar-refractivity contribution in [1.29, 1.82) is 0 Å². The molecule has 0 aliphatic carbocycles. The third-order valence-electron chi connectivity index (χ3n) is 5.75. The highest BCUT2D eigenvalue weighted by Gasteiger charge is 2.23. The van der Waals surface area contributed by atoms with Crippen LogP contribution in [0.2, 0.25) is 0 Å². The fourth-order valence-electron chi connectivity index (χ4n) is 3.93. The highest BCUT2D eigenvalue weighted by molar-refractivity contribution is 7.90. The zero-order valence-electron chi connectivity index (χ0n) is 19.2. The molecule has 0 saturated heterocycles. The number of hydrogen-bond acceptors (Lipinski definition) is 5. The lowest BCUT2D eigenvalue weighted by atomic mass is 10.0. The number of methoxy groups -OCH3 is 2. The van der Waals surface area contributed by atoms with Gasteiger partial charge in [0.2, 0.25) is 0 Å². The van der Waals surface area contributed by atoms with E-state index >= 15 is 0 Å². The van der Waals surface area contributed by atoms with Crippen LogP contribution in [-0.2, 0) is 10.0 Å². The first-order valence-electron chi connectivity index (χ1n) is 10.9. The quantitative estimate of drug-likeness (QED) is 0.269. The Morgan fingerprint density at radius 3 is 1.91 bits per heavy atom. The van der Waals surface area contributed by atoms with Crippen molar-refractivity contribution in [3.63, 3.8) is 0 Å².